The van der Waals surface area contributed by atoms with Gasteiger partial charge in [0.1, 0.15) is 0 Å². The molecule has 3 aromatic rings. The molecule has 1 aromatic heterocycles. The monoisotopic (exact) mass is 343 g/mol. The van der Waals surface area contributed by atoms with E-state index in [1.54, 1.807) is 18.2 Å². The average molecular weight is 343 g/mol. The van der Waals surface area contributed by atoms with Crippen molar-refractivity contribution in [2.45, 2.75) is 25.3 Å². The maximum Gasteiger partial charge on any atom is 0.247 e. The molecule has 0 fully saturated rings. The molecular formula is C17H17N3O3S. The molecule has 0 saturated heterocycles. The molecule has 7 heteroatoms. The number of sulfonamides is 1. The van der Waals surface area contributed by atoms with Gasteiger partial charge >= 0.3 is 0 Å². The molecule has 0 unspecified atom stereocenters. The van der Waals surface area contributed by atoms with Crippen molar-refractivity contribution in [3.05, 3.63) is 65.5 Å². The summed E-state index contributed by atoms with van der Waals surface area (Å²) in [5.74, 6) is 0.575. The molecule has 6 nitrogen and oxygen atoms in total. The molecule has 0 aliphatic heterocycles. The Morgan fingerprint density at radius 2 is 1.71 bits per heavy atom. The largest absolute Gasteiger partial charge is 0.419 e. The minimum Gasteiger partial charge on any atom is -0.419 e. The summed E-state index contributed by atoms with van der Waals surface area (Å²) in [6.45, 7) is 3.75. The van der Waals surface area contributed by atoms with Crippen molar-refractivity contribution in [3.63, 3.8) is 0 Å². The molecular weight excluding hydrogens is 326 g/mol. The molecule has 0 spiro atoms. The molecule has 0 saturated carbocycles. The second-order valence-corrected chi connectivity index (χ2v) is 7.28. The van der Waals surface area contributed by atoms with E-state index in [2.05, 4.69) is 14.9 Å². The summed E-state index contributed by atoms with van der Waals surface area (Å²) >= 11 is 0. The van der Waals surface area contributed by atoms with Crippen LogP contribution in [0.25, 0.3) is 11.5 Å². The zero-order valence-corrected chi connectivity index (χ0v) is 14.2. The lowest BCUT2D eigenvalue weighted by molar-refractivity contribution is 0.494. The quantitative estimate of drug-likeness (QED) is 0.770. The molecule has 3 rings (SSSR count). The second-order valence-electron chi connectivity index (χ2n) is 5.51. The van der Waals surface area contributed by atoms with Crippen LogP contribution in [0.4, 0.5) is 0 Å². The fourth-order valence-electron chi connectivity index (χ4n) is 2.24. The predicted molar refractivity (Wildman–Crippen MR) is 89.7 cm³/mol. The minimum atomic E-state index is -3.62. The molecule has 0 radical (unpaired) electrons. The Morgan fingerprint density at radius 3 is 2.42 bits per heavy atom. The summed E-state index contributed by atoms with van der Waals surface area (Å²) < 4.78 is 32.6. The first-order chi connectivity index (χ1) is 11.4. The van der Waals surface area contributed by atoms with Crippen molar-refractivity contribution in [2.24, 2.45) is 0 Å². The molecule has 0 aliphatic rings. The lowest BCUT2D eigenvalue weighted by atomic mass is 10.1. The highest BCUT2D eigenvalue weighted by molar-refractivity contribution is 7.89. The number of rotatable bonds is 5. The summed E-state index contributed by atoms with van der Waals surface area (Å²) in [5.41, 5.74) is 2.75. The molecule has 0 aliphatic carbocycles. The van der Waals surface area contributed by atoms with E-state index in [0.717, 1.165) is 16.7 Å². The zero-order chi connectivity index (χ0) is 17.2. The third-order valence-corrected chi connectivity index (χ3v) is 4.84. The summed E-state index contributed by atoms with van der Waals surface area (Å²) in [6, 6.07) is 14.3. The van der Waals surface area contributed by atoms with Crippen LogP contribution in [0.3, 0.4) is 0 Å². The number of nitrogens with zero attached hydrogens (tertiary/aromatic N) is 2. The number of hydrogen-bond acceptors (Lipinski definition) is 5. The molecule has 2 aromatic carbocycles. The summed E-state index contributed by atoms with van der Waals surface area (Å²) in [7, 11) is -3.62. The van der Waals surface area contributed by atoms with E-state index < -0.39 is 10.0 Å². The first-order valence-electron chi connectivity index (χ1n) is 7.40. The molecule has 0 atom stereocenters. The van der Waals surface area contributed by atoms with Gasteiger partial charge in [0.25, 0.3) is 0 Å². The maximum atomic E-state index is 12.3. The van der Waals surface area contributed by atoms with E-state index in [1.165, 1.54) is 0 Å². The first kappa shape index (κ1) is 16.4. The molecule has 1 heterocycles. The maximum absolute atomic E-state index is 12.3. The van der Waals surface area contributed by atoms with E-state index in [-0.39, 0.29) is 17.3 Å². The molecule has 24 heavy (non-hydrogen) atoms. The number of aryl methyl sites for hydroxylation is 2. The van der Waals surface area contributed by atoms with Crippen molar-refractivity contribution in [2.75, 3.05) is 0 Å². The fourth-order valence-corrected chi connectivity index (χ4v) is 3.32. The number of nitrogens with one attached hydrogen (secondary N) is 1. The van der Waals surface area contributed by atoms with Crippen LogP contribution in [0.5, 0.6) is 0 Å². The van der Waals surface area contributed by atoms with Gasteiger partial charge in [-0.25, -0.2) is 13.1 Å². The molecule has 0 bridgehead atoms. The Hall–Kier alpha value is -2.51. The van der Waals surface area contributed by atoms with E-state index >= 15 is 0 Å². The van der Waals surface area contributed by atoms with Gasteiger partial charge in [0.2, 0.25) is 21.8 Å². The summed E-state index contributed by atoms with van der Waals surface area (Å²) in [4.78, 5) is 0.209. The van der Waals surface area contributed by atoms with E-state index in [0.29, 0.717) is 5.89 Å². The summed E-state index contributed by atoms with van der Waals surface area (Å²) in [5, 5.41) is 7.86. The zero-order valence-electron chi connectivity index (χ0n) is 13.4. The van der Waals surface area contributed by atoms with Gasteiger partial charge in [-0.15, -0.1) is 10.2 Å². The van der Waals surface area contributed by atoms with Crippen molar-refractivity contribution < 1.29 is 12.8 Å². The number of aromatic nitrogens is 2. The Bertz CT molecular complexity index is 964. The Kier molecular flexibility index (Phi) is 4.46. The van der Waals surface area contributed by atoms with Gasteiger partial charge in [0.05, 0.1) is 11.4 Å². The third kappa shape index (κ3) is 3.69. The van der Waals surface area contributed by atoms with Crippen LogP contribution in [0.2, 0.25) is 0 Å². The molecule has 1 N–H and O–H groups in total. The van der Waals surface area contributed by atoms with Crippen molar-refractivity contribution >= 4 is 10.0 Å². The van der Waals surface area contributed by atoms with Gasteiger partial charge < -0.3 is 4.42 Å². The Balaban J connectivity index is 1.74. The van der Waals surface area contributed by atoms with Crippen LogP contribution in [-0.2, 0) is 16.6 Å². The normalized spacial score (nSPS) is 11.6. The van der Waals surface area contributed by atoms with Crippen molar-refractivity contribution in [3.8, 4) is 11.5 Å². The topological polar surface area (TPSA) is 85.1 Å². The summed E-state index contributed by atoms with van der Waals surface area (Å²) in [6.07, 6.45) is 0. The standard InChI is InChI=1S/C17H17N3O3S/c1-12-5-3-7-14(9-12)17-20-19-16(23-17)11-18-24(21,22)15-8-4-6-13(2)10-15/h3-10,18H,11H2,1-2H3. The number of hydrogen-bond donors (Lipinski definition) is 1. The fraction of sp³-hybridized carbons (Fsp3) is 0.176. The van der Waals surface area contributed by atoms with Crippen LogP contribution in [0, 0.1) is 13.8 Å². The minimum absolute atomic E-state index is 0.0604. The highest BCUT2D eigenvalue weighted by Gasteiger charge is 2.16. The van der Waals surface area contributed by atoms with Gasteiger partial charge in [-0.1, -0.05) is 29.8 Å². The van der Waals surface area contributed by atoms with Gasteiger partial charge in [-0.3, -0.25) is 0 Å². The Labute approximate surface area is 140 Å². The molecule has 0 amide bonds. The average Bonchev–Trinajstić information content (AvgIpc) is 3.02. The lowest BCUT2D eigenvalue weighted by Crippen LogP contribution is -2.23. The SMILES string of the molecule is Cc1cccc(-c2nnc(CNS(=O)(=O)c3cccc(C)c3)o2)c1. The number of benzene rings is 2. The van der Waals surface area contributed by atoms with E-state index in [4.69, 9.17) is 4.42 Å². The van der Waals surface area contributed by atoms with Gasteiger partial charge in [-0.05, 0) is 43.7 Å². The van der Waals surface area contributed by atoms with Crippen LogP contribution >= 0.6 is 0 Å². The smallest absolute Gasteiger partial charge is 0.247 e. The predicted octanol–water partition coefficient (Wildman–Crippen LogP) is 2.83. The highest BCUT2D eigenvalue weighted by atomic mass is 32.2. The van der Waals surface area contributed by atoms with Crippen molar-refractivity contribution in [1.29, 1.82) is 0 Å². The van der Waals surface area contributed by atoms with Crippen LogP contribution < -0.4 is 4.72 Å². The van der Waals surface area contributed by atoms with E-state index in [9.17, 15) is 8.42 Å². The first-order valence-corrected chi connectivity index (χ1v) is 8.88. The van der Waals surface area contributed by atoms with Gasteiger partial charge in [-0.2, -0.15) is 0 Å². The van der Waals surface area contributed by atoms with Gasteiger partial charge in [0, 0.05) is 5.56 Å². The van der Waals surface area contributed by atoms with Crippen molar-refractivity contribution in [1.82, 2.24) is 14.9 Å². The van der Waals surface area contributed by atoms with E-state index in [1.807, 2.05) is 44.2 Å². The van der Waals surface area contributed by atoms with Gasteiger partial charge in [0.15, 0.2) is 0 Å². The molecule has 124 valence electrons. The van der Waals surface area contributed by atoms with Crippen LogP contribution in [-0.4, -0.2) is 18.6 Å². The lowest BCUT2D eigenvalue weighted by Gasteiger charge is -2.05. The van der Waals surface area contributed by atoms with Crippen LogP contribution in [0.15, 0.2) is 57.8 Å². The second kappa shape index (κ2) is 6.54. The van der Waals surface area contributed by atoms with Crippen LogP contribution in [0.1, 0.15) is 17.0 Å². The highest BCUT2D eigenvalue weighted by Crippen LogP contribution is 2.19. The third-order valence-electron chi connectivity index (χ3n) is 3.45. The Morgan fingerprint density at radius 1 is 1.00 bits per heavy atom.